The van der Waals surface area contributed by atoms with E-state index in [9.17, 15) is 14.9 Å². The Kier molecular flexibility index (Phi) is 3.17. The Morgan fingerprint density at radius 3 is 2.90 bits per heavy atom. The van der Waals surface area contributed by atoms with E-state index in [1.807, 2.05) is 6.07 Å². The molecule has 2 heterocycles. The molecule has 0 fully saturated rings. The highest BCUT2D eigenvalue weighted by atomic mass is 32.1. The molecular weight excluding hydrogens is 298 g/mol. The predicted molar refractivity (Wildman–Crippen MR) is 78.5 cm³/mol. The van der Waals surface area contributed by atoms with Crippen LogP contribution >= 0.6 is 22.7 Å². The molecule has 6 nitrogen and oxygen atoms in total. The lowest BCUT2D eigenvalue weighted by Crippen LogP contribution is -2.09. The Morgan fingerprint density at radius 2 is 2.15 bits per heavy atom. The molecule has 2 aromatic heterocycles. The van der Waals surface area contributed by atoms with Gasteiger partial charge in [-0.05, 0) is 24.3 Å². The van der Waals surface area contributed by atoms with Gasteiger partial charge in [0.05, 0.1) is 25.5 Å². The lowest BCUT2D eigenvalue weighted by molar-refractivity contribution is -0.380. The number of rotatable bonds is 3. The van der Waals surface area contributed by atoms with E-state index in [0.717, 1.165) is 21.6 Å². The molecule has 0 aliphatic carbocycles. The topological polar surface area (TPSA) is 85.1 Å². The summed E-state index contributed by atoms with van der Waals surface area (Å²) in [6, 6.07) is 8.19. The molecule has 0 saturated heterocycles. The SMILES string of the molecule is O=C(Nc1ccc2scnc2c1)c1ccc([N+](=O)[O-])s1. The van der Waals surface area contributed by atoms with E-state index in [0.29, 0.717) is 10.6 Å². The van der Waals surface area contributed by atoms with Crippen LogP contribution in [0, 0.1) is 10.1 Å². The summed E-state index contributed by atoms with van der Waals surface area (Å²) in [6.07, 6.45) is 0. The summed E-state index contributed by atoms with van der Waals surface area (Å²) in [5.74, 6) is -0.363. The summed E-state index contributed by atoms with van der Waals surface area (Å²) < 4.78 is 1.04. The zero-order valence-corrected chi connectivity index (χ0v) is 11.5. The van der Waals surface area contributed by atoms with Gasteiger partial charge in [0.15, 0.2) is 0 Å². The van der Waals surface area contributed by atoms with Gasteiger partial charge in [-0.15, -0.1) is 11.3 Å². The molecule has 0 spiro atoms. The van der Waals surface area contributed by atoms with Crippen molar-refractivity contribution in [1.82, 2.24) is 4.98 Å². The van der Waals surface area contributed by atoms with Crippen LogP contribution in [0.1, 0.15) is 9.67 Å². The van der Waals surface area contributed by atoms with E-state index in [-0.39, 0.29) is 10.9 Å². The fraction of sp³-hybridized carbons (Fsp3) is 0. The fourth-order valence-corrected chi connectivity index (χ4v) is 3.05. The Labute approximate surface area is 120 Å². The van der Waals surface area contributed by atoms with Gasteiger partial charge < -0.3 is 5.32 Å². The van der Waals surface area contributed by atoms with Crippen molar-refractivity contribution in [3.05, 3.63) is 50.8 Å². The smallest absolute Gasteiger partial charge is 0.321 e. The van der Waals surface area contributed by atoms with Gasteiger partial charge in [-0.25, -0.2) is 4.98 Å². The molecule has 0 unspecified atom stereocenters. The lowest BCUT2D eigenvalue weighted by atomic mass is 10.3. The normalized spacial score (nSPS) is 10.6. The molecule has 3 rings (SSSR count). The maximum atomic E-state index is 12.0. The fourth-order valence-electron chi connectivity index (χ4n) is 1.68. The third-order valence-electron chi connectivity index (χ3n) is 2.58. The summed E-state index contributed by atoms with van der Waals surface area (Å²) >= 11 is 2.37. The number of amides is 1. The van der Waals surface area contributed by atoms with Crippen LogP contribution in [0.4, 0.5) is 10.7 Å². The number of anilines is 1. The first kappa shape index (κ1) is 12.7. The van der Waals surface area contributed by atoms with Crippen molar-refractivity contribution in [3.8, 4) is 0 Å². The third-order valence-corrected chi connectivity index (χ3v) is 4.43. The van der Waals surface area contributed by atoms with Gasteiger partial charge in [-0.1, -0.05) is 11.3 Å². The first-order chi connectivity index (χ1) is 9.63. The largest absolute Gasteiger partial charge is 0.324 e. The molecule has 8 heteroatoms. The molecule has 0 atom stereocenters. The standard InChI is InChI=1S/C12H7N3O3S2/c16-12(10-3-4-11(20-10)15(17)18)14-7-1-2-9-8(5-7)13-6-19-9/h1-6H,(H,14,16). The highest BCUT2D eigenvalue weighted by Gasteiger charge is 2.15. The zero-order valence-electron chi connectivity index (χ0n) is 9.90. The van der Waals surface area contributed by atoms with Crippen LogP contribution in [0.25, 0.3) is 10.2 Å². The minimum atomic E-state index is -0.511. The molecular formula is C12H7N3O3S2. The zero-order chi connectivity index (χ0) is 14.1. The van der Waals surface area contributed by atoms with Crippen molar-refractivity contribution in [3.63, 3.8) is 0 Å². The number of nitrogens with zero attached hydrogens (tertiary/aromatic N) is 2. The number of hydrogen-bond donors (Lipinski definition) is 1. The van der Waals surface area contributed by atoms with E-state index < -0.39 is 4.92 Å². The molecule has 1 aromatic carbocycles. The van der Waals surface area contributed by atoms with Gasteiger partial charge in [0, 0.05) is 11.8 Å². The number of carbonyl (C=O) groups excluding carboxylic acids is 1. The number of benzene rings is 1. The molecule has 0 bridgehead atoms. The highest BCUT2D eigenvalue weighted by molar-refractivity contribution is 7.17. The van der Waals surface area contributed by atoms with E-state index in [1.165, 1.54) is 23.5 Å². The molecule has 3 aromatic rings. The van der Waals surface area contributed by atoms with Crippen LogP contribution in [0.2, 0.25) is 0 Å². The molecule has 1 amide bonds. The van der Waals surface area contributed by atoms with Gasteiger partial charge in [0.2, 0.25) is 0 Å². The predicted octanol–water partition coefficient (Wildman–Crippen LogP) is 3.52. The van der Waals surface area contributed by atoms with E-state index in [2.05, 4.69) is 10.3 Å². The first-order valence-electron chi connectivity index (χ1n) is 5.52. The van der Waals surface area contributed by atoms with Gasteiger partial charge >= 0.3 is 5.00 Å². The molecule has 0 radical (unpaired) electrons. The van der Waals surface area contributed by atoms with Gasteiger partial charge in [-0.2, -0.15) is 0 Å². The molecule has 20 heavy (non-hydrogen) atoms. The molecule has 100 valence electrons. The van der Waals surface area contributed by atoms with E-state index >= 15 is 0 Å². The number of thiazole rings is 1. The first-order valence-corrected chi connectivity index (χ1v) is 7.22. The Morgan fingerprint density at radius 1 is 1.30 bits per heavy atom. The molecule has 1 N–H and O–H groups in total. The van der Waals surface area contributed by atoms with Crippen LogP contribution < -0.4 is 5.32 Å². The average Bonchev–Trinajstić information content (AvgIpc) is 3.07. The number of fused-ring (bicyclic) bond motifs is 1. The maximum absolute atomic E-state index is 12.0. The Balaban J connectivity index is 1.82. The summed E-state index contributed by atoms with van der Waals surface area (Å²) in [4.78, 5) is 26.5. The van der Waals surface area contributed by atoms with E-state index in [1.54, 1.807) is 17.6 Å². The Hall–Kier alpha value is -2.32. The molecule has 0 aliphatic heterocycles. The second kappa shape index (κ2) is 4.99. The maximum Gasteiger partial charge on any atom is 0.324 e. The number of carbonyl (C=O) groups is 1. The number of hydrogen-bond acceptors (Lipinski definition) is 6. The summed E-state index contributed by atoms with van der Waals surface area (Å²) in [5, 5.41) is 13.2. The minimum Gasteiger partial charge on any atom is -0.321 e. The van der Waals surface area contributed by atoms with Crippen LogP contribution in [-0.4, -0.2) is 15.8 Å². The highest BCUT2D eigenvalue weighted by Crippen LogP contribution is 2.26. The number of nitro groups is 1. The second-order valence-electron chi connectivity index (χ2n) is 3.88. The molecule has 0 aliphatic rings. The van der Waals surface area contributed by atoms with Crippen molar-refractivity contribution in [2.75, 3.05) is 5.32 Å². The summed E-state index contributed by atoms with van der Waals surface area (Å²) in [6.45, 7) is 0. The summed E-state index contributed by atoms with van der Waals surface area (Å²) in [5.41, 5.74) is 3.16. The van der Waals surface area contributed by atoms with Crippen molar-refractivity contribution in [2.45, 2.75) is 0 Å². The lowest BCUT2D eigenvalue weighted by Gasteiger charge is -2.02. The van der Waals surface area contributed by atoms with Crippen LogP contribution in [0.5, 0.6) is 0 Å². The second-order valence-corrected chi connectivity index (χ2v) is 5.83. The quantitative estimate of drug-likeness (QED) is 0.592. The van der Waals surface area contributed by atoms with Crippen molar-refractivity contribution in [2.24, 2.45) is 0 Å². The number of thiophene rings is 1. The number of nitrogens with one attached hydrogen (secondary N) is 1. The summed E-state index contributed by atoms with van der Waals surface area (Å²) in [7, 11) is 0. The minimum absolute atomic E-state index is 0.0508. The van der Waals surface area contributed by atoms with Crippen LogP contribution in [0.15, 0.2) is 35.8 Å². The number of aromatic nitrogens is 1. The van der Waals surface area contributed by atoms with Gasteiger partial charge in [0.25, 0.3) is 5.91 Å². The Bertz CT molecular complexity index is 809. The van der Waals surface area contributed by atoms with Crippen molar-refractivity contribution in [1.29, 1.82) is 0 Å². The van der Waals surface area contributed by atoms with Crippen molar-refractivity contribution >= 4 is 49.5 Å². The van der Waals surface area contributed by atoms with Crippen LogP contribution in [-0.2, 0) is 0 Å². The van der Waals surface area contributed by atoms with Gasteiger partial charge in [0.1, 0.15) is 0 Å². The average molecular weight is 305 g/mol. The van der Waals surface area contributed by atoms with E-state index in [4.69, 9.17) is 0 Å². The van der Waals surface area contributed by atoms with Crippen LogP contribution in [0.3, 0.4) is 0 Å². The molecule has 0 saturated carbocycles. The third kappa shape index (κ3) is 2.38. The monoisotopic (exact) mass is 305 g/mol. The van der Waals surface area contributed by atoms with Crippen molar-refractivity contribution < 1.29 is 9.72 Å². The van der Waals surface area contributed by atoms with Gasteiger partial charge in [-0.3, -0.25) is 14.9 Å².